The molecule has 0 radical (unpaired) electrons. The highest BCUT2D eigenvalue weighted by atomic mass is 16.4. The second-order valence-corrected chi connectivity index (χ2v) is 6.24. The minimum atomic E-state index is -0.805. The molecule has 2 amide bonds. The Kier molecular flexibility index (Phi) is 5.36. The average Bonchev–Trinajstić information content (AvgIpc) is 2.95. The molecule has 0 aromatic heterocycles. The summed E-state index contributed by atoms with van der Waals surface area (Å²) in [5.41, 5.74) is 1.21. The lowest BCUT2D eigenvalue weighted by molar-refractivity contribution is -0.141. The molecule has 0 spiro atoms. The summed E-state index contributed by atoms with van der Waals surface area (Å²) >= 11 is 0. The van der Waals surface area contributed by atoms with Crippen molar-refractivity contribution in [2.75, 3.05) is 5.32 Å². The first kappa shape index (κ1) is 17.0. The van der Waals surface area contributed by atoms with E-state index in [4.69, 9.17) is 5.11 Å². The van der Waals surface area contributed by atoms with Crippen molar-refractivity contribution >= 4 is 23.5 Å². The van der Waals surface area contributed by atoms with E-state index >= 15 is 0 Å². The van der Waals surface area contributed by atoms with Crippen LogP contribution in [0.4, 0.5) is 10.5 Å². The van der Waals surface area contributed by atoms with Crippen LogP contribution >= 0.6 is 0 Å². The summed E-state index contributed by atoms with van der Waals surface area (Å²) < 4.78 is 0. The molecule has 1 aliphatic carbocycles. The Morgan fingerprint density at radius 3 is 2.30 bits per heavy atom. The lowest BCUT2D eigenvalue weighted by atomic mass is 10.0. The number of nitrogens with one attached hydrogen (secondary N) is 2. The van der Waals surface area contributed by atoms with E-state index in [-0.39, 0.29) is 29.7 Å². The largest absolute Gasteiger partial charge is 0.481 e. The number of benzene rings is 1. The topological polar surface area (TPSA) is 95.5 Å². The molecule has 0 unspecified atom stereocenters. The third kappa shape index (κ3) is 4.55. The van der Waals surface area contributed by atoms with Gasteiger partial charge in [0.15, 0.2) is 5.78 Å². The van der Waals surface area contributed by atoms with Crippen LogP contribution < -0.4 is 10.6 Å². The van der Waals surface area contributed by atoms with Crippen molar-refractivity contribution in [2.24, 2.45) is 11.8 Å². The molecule has 1 aromatic carbocycles. The first-order chi connectivity index (χ1) is 10.9. The normalized spacial score (nSPS) is 20.3. The number of ketones is 1. The molecule has 124 valence electrons. The average molecular weight is 318 g/mol. The molecule has 6 heteroatoms. The molecule has 0 bridgehead atoms. The van der Waals surface area contributed by atoms with Gasteiger partial charge in [-0.1, -0.05) is 13.8 Å². The molecule has 23 heavy (non-hydrogen) atoms. The van der Waals surface area contributed by atoms with Gasteiger partial charge in [0, 0.05) is 23.2 Å². The van der Waals surface area contributed by atoms with Crippen LogP contribution in [-0.4, -0.2) is 28.9 Å². The first-order valence-electron chi connectivity index (χ1n) is 7.81. The molecule has 0 saturated heterocycles. The minimum Gasteiger partial charge on any atom is -0.481 e. The Labute approximate surface area is 135 Å². The fourth-order valence-electron chi connectivity index (χ4n) is 2.74. The fraction of sp³-hybridized carbons (Fsp3) is 0.471. The van der Waals surface area contributed by atoms with Crippen molar-refractivity contribution in [3.8, 4) is 0 Å². The number of carboxylic acids is 1. The number of carbonyl (C=O) groups excluding carboxylic acids is 2. The molecule has 2 rings (SSSR count). The summed E-state index contributed by atoms with van der Waals surface area (Å²) in [5.74, 6) is -1.19. The van der Waals surface area contributed by atoms with E-state index in [9.17, 15) is 14.4 Å². The molecule has 1 saturated carbocycles. The maximum Gasteiger partial charge on any atom is 0.319 e. The van der Waals surface area contributed by atoms with Gasteiger partial charge in [-0.15, -0.1) is 0 Å². The van der Waals surface area contributed by atoms with E-state index < -0.39 is 5.97 Å². The number of carbonyl (C=O) groups is 3. The molecule has 6 nitrogen and oxygen atoms in total. The molecule has 1 aliphatic rings. The van der Waals surface area contributed by atoms with Crippen molar-refractivity contribution in [1.29, 1.82) is 0 Å². The molecule has 2 atom stereocenters. The summed E-state index contributed by atoms with van der Waals surface area (Å²) in [6, 6.07) is 6.28. The van der Waals surface area contributed by atoms with Gasteiger partial charge in [-0.25, -0.2) is 4.79 Å². The van der Waals surface area contributed by atoms with E-state index in [0.29, 0.717) is 30.5 Å². The lowest BCUT2D eigenvalue weighted by Gasteiger charge is -2.13. The predicted molar refractivity (Wildman–Crippen MR) is 86.5 cm³/mol. The van der Waals surface area contributed by atoms with Crippen LogP contribution in [-0.2, 0) is 4.79 Å². The maximum absolute atomic E-state index is 11.9. The van der Waals surface area contributed by atoms with Crippen LogP contribution in [0.25, 0.3) is 0 Å². The van der Waals surface area contributed by atoms with Gasteiger partial charge in [0.25, 0.3) is 0 Å². The van der Waals surface area contributed by atoms with Crippen molar-refractivity contribution in [2.45, 2.75) is 39.2 Å². The van der Waals surface area contributed by atoms with Gasteiger partial charge in [0.2, 0.25) is 0 Å². The Morgan fingerprint density at radius 1 is 1.13 bits per heavy atom. The van der Waals surface area contributed by atoms with Crippen molar-refractivity contribution in [3.05, 3.63) is 29.8 Å². The lowest BCUT2D eigenvalue weighted by Crippen LogP contribution is -2.36. The number of urea groups is 1. The molecule has 1 aromatic rings. The zero-order valence-electron chi connectivity index (χ0n) is 13.3. The Hall–Kier alpha value is -2.37. The molecule has 3 N–H and O–H groups in total. The number of carboxylic acid groups (broad SMARTS) is 1. The van der Waals surface area contributed by atoms with Crippen LogP contribution in [0.1, 0.15) is 43.5 Å². The highest BCUT2D eigenvalue weighted by Crippen LogP contribution is 2.25. The van der Waals surface area contributed by atoms with Crippen molar-refractivity contribution < 1.29 is 19.5 Å². The Morgan fingerprint density at radius 2 is 1.78 bits per heavy atom. The second-order valence-electron chi connectivity index (χ2n) is 6.24. The van der Waals surface area contributed by atoms with E-state index in [1.165, 1.54) is 0 Å². The summed E-state index contributed by atoms with van der Waals surface area (Å²) in [6.45, 7) is 3.68. The quantitative estimate of drug-likeness (QED) is 0.727. The summed E-state index contributed by atoms with van der Waals surface area (Å²) in [7, 11) is 0. The Bertz CT molecular complexity index is 595. The first-order valence-corrected chi connectivity index (χ1v) is 7.81. The molecule has 1 fully saturated rings. The SMILES string of the molecule is CC(C)C(=O)c1ccc(NC(=O)N[C@@H]2CC[C@H](C(=O)O)C2)cc1. The zero-order chi connectivity index (χ0) is 17.0. The zero-order valence-corrected chi connectivity index (χ0v) is 13.3. The third-order valence-corrected chi connectivity index (χ3v) is 4.07. The number of amides is 2. The van der Waals surface area contributed by atoms with Gasteiger partial charge in [-0.2, -0.15) is 0 Å². The van der Waals surface area contributed by atoms with E-state index in [1.54, 1.807) is 24.3 Å². The van der Waals surface area contributed by atoms with E-state index in [2.05, 4.69) is 10.6 Å². The van der Waals surface area contributed by atoms with E-state index in [1.807, 2.05) is 13.8 Å². The van der Waals surface area contributed by atoms with Gasteiger partial charge in [0.1, 0.15) is 0 Å². The number of hydrogen-bond donors (Lipinski definition) is 3. The van der Waals surface area contributed by atoms with Gasteiger partial charge in [-0.05, 0) is 43.5 Å². The Balaban J connectivity index is 1.86. The standard InChI is InChI=1S/C17H22N2O4/c1-10(2)15(20)11-3-6-13(7-4-11)18-17(23)19-14-8-5-12(9-14)16(21)22/h3-4,6-7,10,12,14H,5,8-9H2,1-2H3,(H,21,22)(H2,18,19,23)/t12-,14+/m0/s1. The van der Waals surface area contributed by atoms with Crippen molar-refractivity contribution in [1.82, 2.24) is 5.32 Å². The number of hydrogen-bond acceptors (Lipinski definition) is 3. The smallest absolute Gasteiger partial charge is 0.319 e. The van der Waals surface area contributed by atoms with Crippen LogP contribution in [0.5, 0.6) is 0 Å². The van der Waals surface area contributed by atoms with Crippen LogP contribution in [0.15, 0.2) is 24.3 Å². The van der Waals surface area contributed by atoms with E-state index in [0.717, 1.165) is 0 Å². The number of Topliss-reactive ketones (excluding diaryl/α,β-unsaturated/α-hetero) is 1. The van der Waals surface area contributed by atoms with Crippen LogP contribution in [0.3, 0.4) is 0 Å². The van der Waals surface area contributed by atoms with Crippen LogP contribution in [0, 0.1) is 11.8 Å². The number of aliphatic carboxylic acids is 1. The highest BCUT2D eigenvalue weighted by molar-refractivity contribution is 5.98. The van der Waals surface area contributed by atoms with Gasteiger partial charge >= 0.3 is 12.0 Å². The predicted octanol–water partition coefficient (Wildman–Crippen LogP) is 2.90. The number of rotatable bonds is 5. The molecule has 0 aliphatic heterocycles. The molecule has 0 heterocycles. The van der Waals surface area contributed by atoms with Gasteiger partial charge < -0.3 is 15.7 Å². The number of anilines is 1. The molecular weight excluding hydrogens is 296 g/mol. The monoisotopic (exact) mass is 318 g/mol. The van der Waals surface area contributed by atoms with Crippen molar-refractivity contribution in [3.63, 3.8) is 0 Å². The summed E-state index contributed by atoms with van der Waals surface area (Å²) in [4.78, 5) is 34.7. The summed E-state index contributed by atoms with van der Waals surface area (Å²) in [6.07, 6.45) is 1.73. The van der Waals surface area contributed by atoms with Gasteiger partial charge in [0.05, 0.1) is 5.92 Å². The maximum atomic E-state index is 11.9. The highest BCUT2D eigenvalue weighted by Gasteiger charge is 2.30. The third-order valence-electron chi connectivity index (χ3n) is 4.07. The second kappa shape index (κ2) is 7.26. The molecular formula is C17H22N2O4. The summed E-state index contributed by atoms with van der Waals surface area (Å²) in [5, 5.41) is 14.4. The minimum absolute atomic E-state index is 0.0617. The fourth-order valence-corrected chi connectivity index (χ4v) is 2.74. The van der Waals surface area contributed by atoms with Crippen LogP contribution in [0.2, 0.25) is 0 Å². The van der Waals surface area contributed by atoms with Gasteiger partial charge in [-0.3, -0.25) is 9.59 Å².